The van der Waals surface area contributed by atoms with Crippen LogP contribution in [-0.2, 0) is 0 Å². The Morgan fingerprint density at radius 3 is 2.53 bits per heavy atom. The van der Waals surface area contributed by atoms with E-state index >= 15 is 0 Å². The van der Waals surface area contributed by atoms with Gasteiger partial charge in [-0.05, 0) is 52.6 Å². The summed E-state index contributed by atoms with van der Waals surface area (Å²) in [6, 6.07) is 5.97. The van der Waals surface area contributed by atoms with E-state index in [0.717, 1.165) is 12.2 Å². The summed E-state index contributed by atoms with van der Waals surface area (Å²) in [5.74, 6) is 1.39. The minimum atomic E-state index is 0.679. The van der Waals surface area contributed by atoms with Gasteiger partial charge < -0.3 is 11.1 Å². The maximum Gasteiger partial charge on any atom is 0.0477 e. The molecule has 0 saturated carbocycles. The summed E-state index contributed by atoms with van der Waals surface area (Å²) >= 11 is 2.31. The van der Waals surface area contributed by atoms with Gasteiger partial charge in [0.05, 0.1) is 0 Å². The van der Waals surface area contributed by atoms with Crippen LogP contribution in [0.3, 0.4) is 0 Å². The number of nitrogen functional groups attached to an aromatic ring is 1. The first-order valence-corrected chi connectivity index (χ1v) is 6.37. The summed E-state index contributed by atoms with van der Waals surface area (Å²) in [6.45, 7) is 7.78. The highest BCUT2D eigenvalue weighted by Crippen LogP contribution is 2.21. The number of halogens is 1. The van der Waals surface area contributed by atoms with Crippen molar-refractivity contribution >= 4 is 34.0 Å². The Bertz CT molecular complexity index is 323. The van der Waals surface area contributed by atoms with Gasteiger partial charge in [0, 0.05) is 21.5 Å². The zero-order chi connectivity index (χ0) is 11.4. The largest absolute Gasteiger partial charge is 0.399 e. The molecule has 0 heterocycles. The van der Waals surface area contributed by atoms with Crippen molar-refractivity contribution in [1.29, 1.82) is 0 Å². The molecule has 0 fully saturated rings. The van der Waals surface area contributed by atoms with Gasteiger partial charge in [-0.3, -0.25) is 0 Å². The van der Waals surface area contributed by atoms with E-state index in [1.165, 1.54) is 9.26 Å². The monoisotopic (exact) mass is 318 g/mol. The second-order valence-corrected chi connectivity index (χ2v) is 5.50. The van der Waals surface area contributed by atoms with E-state index < -0.39 is 0 Å². The number of nitrogens with one attached hydrogen (secondary N) is 1. The topological polar surface area (TPSA) is 38.0 Å². The van der Waals surface area contributed by atoms with Gasteiger partial charge in [0.2, 0.25) is 0 Å². The molecule has 15 heavy (non-hydrogen) atoms. The Morgan fingerprint density at radius 1 is 1.33 bits per heavy atom. The fraction of sp³-hybridized carbons (Fsp3) is 0.500. The lowest BCUT2D eigenvalue weighted by Gasteiger charge is -2.17. The lowest BCUT2D eigenvalue weighted by atomic mass is 9.98. The molecule has 84 valence electrons. The van der Waals surface area contributed by atoms with Crippen LogP contribution < -0.4 is 11.1 Å². The summed E-state index contributed by atoms with van der Waals surface area (Å²) in [6.07, 6.45) is 0. The molecule has 1 aromatic rings. The standard InChI is InChI=1S/C12H19IN2/c1-8(2)9(3)7-15-12-5-4-10(14)6-11(12)13/h4-6,8-9,15H,7,14H2,1-3H3. The van der Waals surface area contributed by atoms with Crippen LogP contribution in [0.1, 0.15) is 20.8 Å². The Labute approximate surface area is 106 Å². The third-order valence-electron chi connectivity index (χ3n) is 2.75. The molecule has 1 rings (SSSR count). The third kappa shape index (κ3) is 3.89. The normalized spacial score (nSPS) is 12.9. The molecule has 0 aliphatic rings. The zero-order valence-corrected chi connectivity index (χ0v) is 11.7. The average Bonchev–Trinajstić information content (AvgIpc) is 2.15. The van der Waals surface area contributed by atoms with Crippen molar-refractivity contribution in [3.63, 3.8) is 0 Å². The van der Waals surface area contributed by atoms with Crippen LogP contribution in [0.4, 0.5) is 11.4 Å². The molecule has 0 saturated heterocycles. The van der Waals surface area contributed by atoms with Gasteiger partial charge in [-0.1, -0.05) is 20.8 Å². The molecule has 3 heteroatoms. The van der Waals surface area contributed by atoms with Crippen molar-refractivity contribution in [2.24, 2.45) is 11.8 Å². The Kier molecular flexibility index (Phi) is 4.70. The summed E-state index contributed by atoms with van der Waals surface area (Å²) < 4.78 is 1.18. The minimum Gasteiger partial charge on any atom is -0.399 e. The maximum atomic E-state index is 5.70. The molecule has 1 unspecified atom stereocenters. The van der Waals surface area contributed by atoms with E-state index in [0.29, 0.717) is 11.8 Å². The molecule has 0 spiro atoms. The second-order valence-electron chi connectivity index (χ2n) is 4.34. The first-order chi connectivity index (χ1) is 7.00. The molecular formula is C12H19IN2. The SMILES string of the molecule is CC(C)C(C)CNc1ccc(N)cc1I. The van der Waals surface area contributed by atoms with Crippen molar-refractivity contribution in [3.05, 3.63) is 21.8 Å². The highest BCUT2D eigenvalue weighted by molar-refractivity contribution is 14.1. The first kappa shape index (κ1) is 12.6. The number of anilines is 2. The summed E-state index contributed by atoms with van der Waals surface area (Å²) in [4.78, 5) is 0. The fourth-order valence-electron chi connectivity index (χ4n) is 1.18. The van der Waals surface area contributed by atoms with Crippen molar-refractivity contribution in [3.8, 4) is 0 Å². The molecule has 0 bridgehead atoms. The highest BCUT2D eigenvalue weighted by Gasteiger charge is 2.07. The Hall–Kier alpha value is -0.450. The molecule has 0 radical (unpaired) electrons. The molecule has 0 aliphatic heterocycles. The smallest absolute Gasteiger partial charge is 0.0477 e. The van der Waals surface area contributed by atoms with Gasteiger partial charge in [0.25, 0.3) is 0 Å². The van der Waals surface area contributed by atoms with Crippen molar-refractivity contribution in [2.45, 2.75) is 20.8 Å². The summed E-state index contributed by atoms with van der Waals surface area (Å²) in [7, 11) is 0. The van der Waals surface area contributed by atoms with Crippen LogP contribution in [0.2, 0.25) is 0 Å². The van der Waals surface area contributed by atoms with E-state index in [2.05, 4.69) is 48.7 Å². The van der Waals surface area contributed by atoms with Crippen LogP contribution in [0.5, 0.6) is 0 Å². The van der Waals surface area contributed by atoms with Crippen molar-refractivity contribution < 1.29 is 0 Å². The number of nitrogens with two attached hydrogens (primary N) is 1. The van der Waals surface area contributed by atoms with Crippen LogP contribution in [-0.4, -0.2) is 6.54 Å². The molecule has 0 aromatic heterocycles. The van der Waals surface area contributed by atoms with Crippen molar-refractivity contribution in [2.75, 3.05) is 17.6 Å². The van der Waals surface area contributed by atoms with Crippen LogP contribution in [0, 0.1) is 15.4 Å². The number of rotatable bonds is 4. The van der Waals surface area contributed by atoms with Gasteiger partial charge in [-0.15, -0.1) is 0 Å². The molecular weight excluding hydrogens is 299 g/mol. The van der Waals surface area contributed by atoms with Crippen LogP contribution in [0.15, 0.2) is 18.2 Å². The number of benzene rings is 1. The Morgan fingerprint density at radius 2 is 2.00 bits per heavy atom. The van der Waals surface area contributed by atoms with Crippen molar-refractivity contribution in [1.82, 2.24) is 0 Å². The van der Waals surface area contributed by atoms with Gasteiger partial charge in [-0.25, -0.2) is 0 Å². The third-order valence-corrected chi connectivity index (χ3v) is 3.64. The first-order valence-electron chi connectivity index (χ1n) is 5.29. The summed E-state index contributed by atoms with van der Waals surface area (Å²) in [5.41, 5.74) is 7.70. The quantitative estimate of drug-likeness (QED) is 0.658. The Balaban J connectivity index is 2.58. The molecule has 1 aromatic carbocycles. The molecule has 3 N–H and O–H groups in total. The summed E-state index contributed by atoms with van der Waals surface area (Å²) in [5, 5.41) is 3.46. The van der Waals surface area contributed by atoms with Crippen LogP contribution in [0.25, 0.3) is 0 Å². The predicted molar refractivity (Wildman–Crippen MR) is 76.1 cm³/mol. The fourth-order valence-corrected chi connectivity index (χ4v) is 1.91. The molecule has 1 atom stereocenters. The maximum absolute atomic E-state index is 5.70. The van der Waals surface area contributed by atoms with Gasteiger partial charge >= 0.3 is 0 Å². The number of hydrogen-bond acceptors (Lipinski definition) is 2. The minimum absolute atomic E-state index is 0.679. The zero-order valence-electron chi connectivity index (χ0n) is 9.55. The van der Waals surface area contributed by atoms with E-state index in [1.807, 2.05) is 18.2 Å². The van der Waals surface area contributed by atoms with E-state index in [4.69, 9.17) is 5.73 Å². The molecule has 2 nitrogen and oxygen atoms in total. The molecule has 0 amide bonds. The van der Waals surface area contributed by atoms with E-state index in [-0.39, 0.29) is 0 Å². The second kappa shape index (κ2) is 5.58. The highest BCUT2D eigenvalue weighted by atomic mass is 127. The van der Waals surface area contributed by atoms with E-state index in [1.54, 1.807) is 0 Å². The lowest BCUT2D eigenvalue weighted by molar-refractivity contribution is 0.439. The predicted octanol–water partition coefficient (Wildman–Crippen LogP) is 3.58. The van der Waals surface area contributed by atoms with Gasteiger partial charge in [0.15, 0.2) is 0 Å². The van der Waals surface area contributed by atoms with Crippen LogP contribution >= 0.6 is 22.6 Å². The lowest BCUT2D eigenvalue weighted by Crippen LogP contribution is -2.16. The average molecular weight is 318 g/mol. The van der Waals surface area contributed by atoms with Gasteiger partial charge in [-0.2, -0.15) is 0 Å². The van der Waals surface area contributed by atoms with Gasteiger partial charge in [0.1, 0.15) is 0 Å². The number of hydrogen-bond donors (Lipinski definition) is 2. The molecule has 0 aliphatic carbocycles. The van der Waals surface area contributed by atoms with E-state index in [9.17, 15) is 0 Å².